The molecule has 0 amide bonds. The summed E-state index contributed by atoms with van der Waals surface area (Å²) in [5, 5.41) is 0. The number of allylic oxidation sites excluding steroid dienone is 2. The Balaban J connectivity index is 3.89. The molecule has 0 heterocycles. The molecular formula is C15H24Br2O2S. The summed E-state index contributed by atoms with van der Waals surface area (Å²) in [4.78, 5) is 11.0. The van der Waals surface area contributed by atoms with Crippen LogP contribution in [0.5, 0.6) is 0 Å². The van der Waals surface area contributed by atoms with E-state index in [4.69, 9.17) is 4.18 Å². The summed E-state index contributed by atoms with van der Waals surface area (Å²) in [5.74, 6) is 0.509. The van der Waals surface area contributed by atoms with Crippen LogP contribution >= 0.6 is 44.8 Å². The van der Waals surface area contributed by atoms with Crippen LogP contribution in [-0.4, -0.2) is 6.29 Å². The molecule has 0 unspecified atom stereocenters. The van der Waals surface area contributed by atoms with Crippen LogP contribution in [0.2, 0.25) is 0 Å². The van der Waals surface area contributed by atoms with Crippen LogP contribution in [0.4, 0.5) is 0 Å². The molecule has 0 N–H and O–H groups in total. The molecule has 0 aromatic rings. The molecule has 0 fully saturated rings. The molecule has 5 heteroatoms. The number of rotatable bonds is 12. The van der Waals surface area contributed by atoms with E-state index < -0.39 is 0 Å². The molecule has 0 aromatic heterocycles. The summed E-state index contributed by atoms with van der Waals surface area (Å²) in [5.41, 5.74) is 0.733. The number of hydrogen-bond donors (Lipinski definition) is 1. The highest BCUT2D eigenvalue weighted by molar-refractivity contribution is 9.28. The number of carbonyl (C=O) groups is 1. The molecular weight excluding hydrogens is 404 g/mol. The van der Waals surface area contributed by atoms with Gasteiger partial charge in [-0.05, 0) is 56.4 Å². The fraction of sp³-hybridized carbons (Fsp3) is 0.667. The maximum Gasteiger partial charge on any atom is 0.158 e. The highest BCUT2D eigenvalue weighted by Gasteiger charge is 2.03. The Hall–Kier alpha value is 0.260. The molecule has 0 saturated carbocycles. The summed E-state index contributed by atoms with van der Waals surface area (Å²) < 4.78 is 5.52. The van der Waals surface area contributed by atoms with Crippen LogP contribution in [0.1, 0.15) is 64.7 Å². The zero-order valence-electron chi connectivity index (χ0n) is 12.0. The van der Waals surface area contributed by atoms with Crippen molar-refractivity contribution < 1.29 is 8.98 Å². The first-order chi connectivity index (χ1) is 9.65. The van der Waals surface area contributed by atoms with Crippen molar-refractivity contribution in [2.45, 2.75) is 64.7 Å². The van der Waals surface area contributed by atoms with Crippen molar-refractivity contribution in [2.75, 3.05) is 0 Å². The van der Waals surface area contributed by atoms with Gasteiger partial charge in [0.15, 0.2) is 5.76 Å². The molecule has 0 atom stereocenters. The fourth-order valence-corrected chi connectivity index (χ4v) is 2.70. The lowest BCUT2D eigenvalue weighted by Gasteiger charge is -2.04. The smallest absolute Gasteiger partial charge is 0.158 e. The van der Waals surface area contributed by atoms with Crippen molar-refractivity contribution in [1.29, 1.82) is 0 Å². The molecule has 0 spiro atoms. The molecule has 20 heavy (non-hydrogen) atoms. The van der Waals surface area contributed by atoms with Gasteiger partial charge in [-0.1, -0.05) is 51.9 Å². The highest BCUT2D eigenvalue weighted by atomic mass is 79.9. The minimum Gasteiger partial charge on any atom is -0.427 e. The SMILES string of the molecule is CCCCCCCCCC/C(C=O)=C/C(OS)=C(Br)Br. The van der Waals surface area contributed by atoms with Gasteiger partial charge in [0.1, 0.15) is 9.68 Å². The van der Waals surface area contributed by atoms with Gasteiger partial charge in [0.2, 0.25) is 0 Å². The standard InChI is InChI=1S/C15H24Br2O2S/c1-2-3-4-5-6-7-8-9-10-13(12-18)11-14(19-20)15(16)17/h11-12,20H,2-10H2,1H3/b13-11-. The zero-order chi connectivity index (χ0) is 15.2. The van der Waals surface area contributed by atoms with E-state index in [0.29, 0.717) is 9.15 Å². The molecule has 2 nitrogen and oxygen atoms in total. The Morgan fingerprint density at radius 1 is 1.05 bits per heavy atom. The Bertz CT molecular complexity index is 324. The van der Waals surface area contributed by atoms with Crippen LogP contribution in [0.15, 0.2) is 20.8 Å². The van der Waals surface area contributed by atoms with E-state index in [2.05, 4.69) is 51.7 Å². The van der Waals surface area contributed by atoms with E-state index in [1.165, 1.54) is 44.9 Å². The van der Waals surface area contributed by atoms with Gasteiger partial charge >= 0.3 is 0 Å². The van der Waals surface area contributed by atoms with Gasteiger partial charge in [-0.15, -0.1) is 0 Å². The largest absolute Gasteiger partial charge is 0.427 e. The van der Waals surface area contributed by atoms with E-state index in [-0.39, 0.29) is 0 Å². The lowest BCUT2D eigenvalue weighted by atomic mass is 10.0. The first-order valence-electron chi connectivity index (χ1n) is 7.18. The summed E-state index contributed by atoms with van der Waals surface area (Å²) in [7, 11) is 0. The average molecular weight is 428 g/mol. The van der Waals surface area contributed by atoms with Gasteiger partial charge in [-0.2, -0.15) is 0 Å². The number of thiol groups is 1. The van der Waals surface area contributed by atoms with Crippen molar-refractivity contribution in [2.24, 2.45) is 0 Å². The Kier molecular flexibility index (Phi) is 14.4. The van der Waals surface area contributed by atoms with Crippen LogP contribution < -0.4 is 0 Å². The van der Waals surface area contributed by atoms with Gasteiger partial charge < -0.3 is 4.18 Å². The molecule has 0 bridgehead atoms. The van der Waals surface area contributed by atoms with Crippen LogP contribution in [0, 0.1) is 0 Å². The topological polar surface area (TPSA) is 26.3 Å². The zero-order valence-corrected chi connectivity index (χ0v) is 16.1. The first-order valence-corrected chi connectivity index (χ1v) is 9.13. The van der Waals surface area contributed by atoms with Crippen LogP contribution in [-0.2, 0) is 8.98 Å². The second-order valence-corrected chi connectivity index (χ2v) is 7.61. The lowest BCUT2D eigenvalue weighted by molar-refractivity contribution is -0.105. The lowest BCUT2D eigenvalue weighted by Crippen LogP contribution is -1.90. The number of halogens is 2. The van der Waals surface area contributed by atoms with Gasteiger partial charge in [0.25, 0.3) is 0 Å². The van der Waals surface area contributed by atoms with Gasteiger partial charge in [0, 0.05) is 12.9 Å². The first kappa shape index (κ1) is 20.3. The summed E-state index contributed by atoms with van der Waals surface area (Å²) in [6.45, 7) is 2.23. The quantitative estimate of drug-likeness (QED) is 0.0734. The third-order valence-electron chi connectivity index (χ3n) is 3.07. The van der Waals surface area contributed by atoms with Gasteiger partial charge in [0.05, 0.1) is 0 Å². The van der Waals surface area contributed by atoms with Crippen molar-refractivity contribution in [3.63, 3.8) is 0 Å². The number of unbranched alkanes of at least 4 members (excludes halogenated alkanes) is 7. The molecule has 0 rings (SSSR count). The van der Waals surface area contributed by atoms with Crippen molar-refractivity contribution in [3.8, 4) is 0 Å². The van der Waals surface area contributed by atoms with E-state index in [9.17, 15) is 4.79 Å². The second-order valence-electron chi connectivity index (χ2n) is 4.78. The Labute approximate surface area is 145 Å². The normalized spacial score (nSPS) is 11.3. The van der Waals surface area contributed by atoms with E-state index in [0.717, 1.165) is 24.7 Å². The Morgan fingerprint density at radius 3 is 2.05 bits per heavy atom. The third kappa shape index (κ3) is 11.0. The van der Waals surface area contributed by atoms with Crippen molar-refractivity contribution >= 4 is 51.1 Å². The second kappa shape index (κ2) is 14.2. The number of hydrogen-bond acceptors (Lipinski definition) is 3. The summed E-state index contributed by atoms with van der Waals surface area (Å²) in [6, 6.07) is 0. The van der Waals surface area contributed by atoms with Crippen molar-refractivity contribution in [3.05, 3.63) is 20.8 Å². The maximum absolute atomic E-state index is 11.0. The molecule has 0 aliphatic carbocycles. The van der Waals surface area contributed by atoms with Crippen LogP contribution in [0.3, 0.4) is 0 Å². The Morgan fingerprint density at radius 2 is 1.60 bits per heavy atom. The number of carbonyl (C=O) groups excluding carboxylic acids is 1. The van der Waals surface area contributed by atoms with Gasteiger partial charge in [-0.25, -0.2) is 0 Å². The maximum atomic E-state index is 11.0. The average Bonchev–Trinajstić information content (AvgIpc) is 2.44. The minimum atomic E-state index is 0.509. The molecule has 116 valence electrons. The monoisotopic (exact) mass is 426 g/mol. The molecule has 0 aliphatic rings. The highest BCUT2D eigenvalue weighted by Crippen LogP contribution is 2.23. The summed E-state index contributed by atoms with van der Waals surface area (Å²) in [6.07, 6.45) is 13.5. The molecule has 0 saturated heterocycles. The van der Waals surface area contributed by atoms with Crippen molar-refractivity contribution in [1.82, 2.24) is 0 Å². The molecule has 0 aromatic carbocycles. The van der Waals surface area contributed by atoms with Gasteiger partial charge in [-0.3, -0.25) is 4.79 Å². The minimum absolute atomic E-state index is 0.509. The number of aldehydes is 1. The van der Waals surface area contributed by atoms with Crippen LogP contribution in [0.25, 0.3) is 0 Å². The third-order valence-corrected chi connectivity index (χ3v) is 4.05. The van der Waals surface area contributed by atoms with E-state index >= 15 is 0 Å². The predicted octanol–water partition coefficient (Wildman–Crippen LogP) is 6.46. The van der Waals surface area contributed by atoms with E-state index in [1.807, 2.05) is 0 Å². The molecule has 0 aliphatic heterocycles. The summed E-state index contributed by atoms with van der Waals surface area (Å²) >= 11 is 10.2. The predicted molar refractivity (Wildman–Crippen MR) is 96.3 cm³/mol. The fourth-order valence-electron chi connectivity index (χ4n) is 1.91. The molecule has 0 radical (unpaired) electrons. The van der Waals surface area contributed by atoms with E-state index in [1.54, 1.807) is 6.08 Å².